The number of ether oxygens (including phenoxy) is 1. The lowest BCUT2D eigenvalue weighted by molar-refractivity contribution is -0.384. The minimum absolute atomic E-state index is 0.0224. The summed E-state index contributed by atoms with van der Waals surface area (Å²) >= 11 is 6.58. The third kappa shape index (κ3) is 5.82. The minimum Gasteiger partial charge on any atom is -0.457 e. The first kappa shape index (κ1) is 27.3. The minimum atomic E-state index is -4.80. The van der Waals surface area contributed by atoms with Crippen LogP contribution in [0.25, 0.3) is 16.9 Å². The van der Waals surface area contributed by atoms with E-state index < -0.39 is 22.7 Å². The molecule has 3 aromatic carbocycles. The number of halogens is 5. The summed E-state index contributed by atoms with van der Waals surface area (Å²) < 4.78 is 49.5. The normalized spacial score (nSPS) is 11.4. The van der Waals surface area contributed by atoms with Crippen LogP contribution in [0.3, 0.4) is 0 Å². The molecule has 1 amide bonds. The molecule has 0 radical (unpaired) electrons. The second kappa shape index (κ2) is 10.7. The van der Waals surface area contributed by atoms with Crippen LogP contribution in [0.5, 0.6) is 11.5 Å². The van der Waals surface area contributed by atoms with Crippen LogP contribution in [0.4, 0.5) is 24.5 Å². The molecule has 40 heavy (non-hydrogen) atoms. The average molecular weight is 677 g/mol. The molecule has 0 aliphatic heterocycles. The van der Waals surface area contributed by atoms with E-state index in [1.54, 1.807) is 48.5 Å². The topological polar surface area (TPSA) is 112 Å². The van der Waals surface area contributed by atoms with E-state index in [1.165, 1.54) is 12.1 Å². The van der Waals surface area contributed by atoms with E-state index >= 15 is 0 Å². The van der Waals surface area contributed by atoms with Gasteiger partial charge in [-0.3, -0.25) is 14.9 Å². The lowest BCUT2D eigenvalue weighted by Crippen LogP contribution is -2.16. The summed E-state index contributed by atoms with van der Waals surface area (Å²) in [4.78, 5) is 28.4. The number of nitrogens with one attached hydrogen (secondary N) is 1. The van der Waals surface area contributed by atoms with Crippen molar-refractivity contribution in [1.82, 2.24) is 14.6 Å². The second-order valence-corrected chi connectivity index (χ2v) is 10.1. The highest BCUT2D eigenvalue weighted by Gasteiger charge is 2.36. The van der Waals surface area contributed by atoms with E-state index in [0.717, 1.165) is 27.3 Å². The Balaban J connectivity index is 1.53. The summed E-state index contributed by atoms with van der Waals surface area (Å²) in [6.45, 7) is 0. The van der Waals surface area contributed by atoms with Crippen molar-refractivity contribution in [3.8, 4) is 22.8 Å². The molecule has 2 heterocycles. The number of non-ortho nitro benzene ring substituents is 1. The fraction of sp³-hybridized carbons (Fsp3) is 0.0385. The van der Waals surface area contributed by atoms with Gasteiger partial charge >= 0.3 is 6.18 Å². The number of fused-ring (bicyclic) bond motifs is 1. The van der Waals surface area contributed by atoms with Gasteiger partial charge in [-0.1, -0.05) is 44.0 Å². The summed E-state index contributed by atoms with van der Waals surface area (Å²) in [5.74, 6) is -0.437. The SMILES string of the molecule is O=C(Nc1cc(Oc2ccc(Br)cc2)cc([N+](=O)[O-])c1)c1cnn2c(C(F)(F)F)cc(-c3ccc(Br)cc3)nc12. The number of aromatic nitrogens is 3. The standard InChI is InChI=1S/C26H14Br2F3N5O4/c27-15-3-1-14(2-4-15)22-12-23(26(29,30)31)35-24(34-22)21(13-32-35)25(37)33-17-9-18(36(38)39)11-20(10-17)40-19-7-5-16(28)6-8-19/h1-13H,(H,33,37). The lowest BCUT2D eigenvalue weighted by atomic mass is 10.1. The smallest absolute Gasteiger partial charge is 0.433 e. The first-order valence-corrected chi connectivity index (χ1v) is 12.8. The van der Waals surface area contributed by atoms with Gasteiger partial charge < -0.3 is 10.1 Å². The highest BCUT2D eigenvalue weighted by atomic mass is 79.9. The van der Waals surface area contributed by atoms with Crippen molar-refractivity contribution in [3.05, 3.63) is 109 Å². The van der Waals surface area contributed by atoms with E-state index in [-0.39, 0.29) is 34.0 Å². The number of carbonyl (C=O) groups is 1. The zero-order chi connectivity index (χ0) is 28.6. The number of hydrogen-bond donors (Lipinski definition) is 1. The van der Waals surface area contributed by atoms with E-state index in [0.29, 0.717) is 15.8 Å². The zero-order valence-corrected chi connectivity index (χ0v) is 23.0. The molecule has 0 atom stereocenters. The maximum absolute atomic E-state index is 13.9. The molecule has 14 heteroatoms. The number of rotatable bonds is 6. The molecule has 0 unspecified atom stereocenters. The van der Waals surface area contributed by atoms with Gasteiger partial charge in [-0.05, 0) is 42.5 Å². The van der Waals surface area contributed by atoms with Gasteiger partial charge in [-0.2, -0.15) is 18.3 Å². The Labute approximate surface area is 240 Å². The highest BCUT2D eigenvalue weighted by molar-refractivity contribution is 9.10. The van der Waals surface area contributed by atoms with Gasteiger partial charge in [0.15, 0.2) is 11.3 Å². The van der Waals surface area contributed by atoms with Crippen molar-refractivity contribution >= 4 is 54.8 Å². The molecule has 0 bridgehead atoms. The van der Waals surface area contributed by atoms with Gasteiger partial charge in [0.25, 0.3) is 11.6 Å². The van der Waals surface area contributed by atoms with Crippen LogP contribution in [0, 0.1) is 10.1 Å². The molecule has 0 saturated heterocycles. The summed E-state index contributed by atoms with van der Waals surface area (Å²) in [6, 6.07) is 17.6. The van der Waals surface area contributed by atoms with Gasteiger partial charge in [0, 0.05) is 26.6 Å². The summed E-state index contributed by atoms with van der Waals surface area (Å²) in [6.07, 6.45) is -3.85. The molecular formula is C26H14Br2F3N5O4. The maximum Gasteiger partial charge on any atom is 0.433 e. The number of amides is 1. The predicted octanol–water partition coefficient (Wildman–Crippen LogP) is 7.89. The van der Waals surface area contributed by atoms with Crippen molar-refractivity contribution < 1.29 is 27.6 Å². The molecule has 5 rings (SSSR count). The highest BCUT2D eigenvalue weighted by Crippen LogP contribution is 2.34. The van der Waals surface area contributed by atoms with Crippen LogP contribution in [-0.2, 0) is 6.18 Å². The van der Waals surface area contributed by atoms with E-state index in [2.05, 4.69) is 47.3 Å². The maximum atomic E-state index is 13.9. The number of carbonyl (C=O) groups excluding carboxylic acids is 1. The Kier molecular flexibility index (Phi) is 7.29. The van der Waals surface area contributed by atoms with Crippen molar-refractivity contribution in [2.24, 2.45) is 0 Å². The van der Waals surface area contributed by atoms with Gasteiger partial charge in [-0.15, -0.1) is 0 Å². The van der Waals surface area contributed by atoms with Crippen LogP contribution in [0.15, 0.2) is 87.9 Å². The van der Waals surface area contributed by atoms with Gasteiger partial charge in [0.1, 0.15) is 17.1 Å². The van der Waals surface area contributed by atoms with Gasteiger partial charge in [0.05, 0.1) is 28.6 Å². The van der Waals surface area contributed by atoms with Crippen LogP contribution < -0.4 is 10.1 Å². The molecule has 5 aromatic rings. The number of nitro groups is 1. The lowest BCUT2D eigenvalue weighted by Gasteiger charge is -2.12. The van der Waals surface area contributed by atoms with E-state index in [4.69, 9.17) is 4.74 Å². The Morgan fingerprint density at radius 2 is 1.60 bits per heavy atom. The Morgan fingerprint density at radius 3 is 2.23 bits per heavy atom. The van der Waals surface area contributed by atoms with Crippen molar-refractivity contribution in [2.75, 3.05) is 5.32 Å². The van der Waals surface area contributed by atoms with E-state index in [1.807, 2.05) is 0 Å². The molecule has 2 aromatic heterocycles. The summed E-state index contributed by atoms with van der Waals surface area (Å²) in [5, 5.41) is 17.7. The fourth-order valence-electron chi connectivity index (χ4n) is 3.75. The molecule has 1 N–H and O–H groups in total. The molecular weight excluding hydrogens is 663 g/mol. The van der Waals surface area contributed by atoms with Gasteiger partial charge in [0.2, 0.25) is 0 Å². The molecule has 0 saturated carbocycles. The quantitative estimate of drug-likeness (QED) is 0.145. The van der Waals surface area contributed by atoms with Crippen LogP contribution in [-0.4, -0.2) is 25.4 Å². The Morgan fingerprint density at radius 1 is 0.950 bits per heavy atom. The molecule has 0 spiro atoms. The molecule has 9 nitrogen and oxygen atoms in total. The van der Waals surface area contributed by atoms with Crippen LogP contribution >= 0.6 is 31.9 Å². The van der Waals surface area contributed by atoms with Crippen LogP contribution in [0.1, 0.15) is 16.1 Å². The zero-order valence-electron chi connectivity index (χ0n) is 19.8. The van der Waals surface area contributed by atoms with Gasteiger partial charge in [-0.25, -0.2) is 9.50 Å². The number of benzene rings is 3. The molecule has 0 fully saturated rings. The number of hydrogen-bond acceptors (Lipinski definition) is 6. The largest absolute Gasteiger partial charge is 0.457 e. The monoisotopic (exact) mass is 675 g/mol. The number of anilines is 1. The summed E-state index contributed by atoms with van der Waals surface area (Å²) in [7, 11) is 0. The first-order valence-electron chi connectivity index (χ1n) is 11.2. The van der Waals surface area contributed by atoms with Crippen molar-refractivity contribution in [3.63, 3.8) is 0 Å². The molecule has 0 aliphatic rings. The van der Waals surface area contributed by atoms with Crippen molar-refractivity contribution in [1.29, 1.82) is 0 Å². The van der Waals surface area contributed by atoms with Crippen molar-refractivity contribution in [2.45, 2.75) is 6.18 Å². The fourth-order valence-corrected chi connectivity index (χ4v) is 4.28. The first-order chi connectivity index (χ1) is 19.0. The van der Waals surface area contributed by atoms with E-state index in [9.17, 15) is 28.1 Å². The molecule has 202 valence electrons. The number of nitrogens with zero attached hydrogens (tertiary/aromatic N) is 4. The third-order valence-electron chi connectivity index (χ3n) is 5.56. The Hall–Kier alpha value is -4.30. The predicted molar refractivity (Wildman–Crippen MR) is 146 cm³/mol. The average Bonchev–Trinajstić information content (AvgIpc) is 3.33. The Bertz CT molecular complexity index is 1760. The third-order valence-corrected chi connectivity index (χ3v) is 6.61. The summed E-state index contributed by atoms with van der Waals surface area (Å²) in [5.41, 5.74) is -1.78. The second-order valence-electron chi connectivity index (χ2n) is 8.31. The number of nitro benzene ring substituents is 1. The number of alkyl halides is 3. The molecule has 0 aliphatic carbocycles. The van der Waals surface area contributed by atoms with Crippen LogP contribution in [0.2, 0.25) is 0 Å².